The largest absolute Gasteiger partial charge is 0.370 e. The van der Waals surface area contributed by atoms with Crippen molar-refractivity contribution in [2.24, 2.45) is 10.7 Å². The minimum absolute atomic E-state index is 0.408. The molecule has 0 saturated carbocycles. The fourth-order valence-corrected chi connectivity index (χ4v) is 1.33. The summed E-state index contributed by atoms with van der Waals surface area (Å²) in [7, 11) is 2.16. The predicted molar refractivity (Wildman–Crippen MR) is 76.4 cm³/mol. The van der Waals surface area contributed by atoms with Crippen LogP contribution < -0.4 is 11.1 Å². The van der Waals surface area contributed by atoms with E-state index < -0.39 is 0 Å². The molecule has 0 rings (SSSR count). The summed E-state index contributed by atoms with van der Waals surface area (Å²) in [5.41, 5.74) is 5.77. The molecule has 0 saturated heterocycles. The van der Waals surface area contributed by atoms with Gasteiger partial charge in [0.15, 0.2) is 5.96 Å². The van der Waals surface area contributed by atoms with Gasteiger partial charge in [-0.1, -0.05) is 6.92 Å². The van der Waals surface area contributed by atoms with E-state index in [1.54, 1.807) is 0 Å². The standard InChI is InChI=1S/C13H30N4/c1-6-12(4)16-13(14)15-9-7-8-10-17(5)11(2)3/h11-12H,6-10H2,1-5H3,(H3,14,15,16)/t12-/m0/s1. The molecule has 0 aliphatic heterocycles. The van der Waals surface area contributed by atoms with Crippen LogP contribution in [0.25, 0.3) is 0 Å². The van der Waals surface area contributed by atoms with Crippen LogP contribution in [0.1, 0.15) is 47.0 Å². The molecule has 0 aromatic heterocycles. The van der Waals surface area contributed by atoms with E-state index >= 15 is 0 Å². The van der Waals surface area contributed by atoms with Gasteiger partial charge in [-0.15, -0.1) is 0 Å². The van der Waals surface area contributed by atoms with Gasteiger partial charge in [0.05, 0.1) is 0 Å². The third-order valence-electron chi connectivity index (χ3n) is 3.09. The first-order valence-corrected chi connectivity index (χ1v) is 6.74. The zero-order valence-corrected chi connectivity index (χ0v) is 12.2. The molecule has 0 bridgehead atoms. The number of nitrogens with zero attached hydrogens (tertiary/aromatic N) is 2. The maximum atomic E-state index is 5.77. The maximum absolute atomic E-state index is 5.77. The zero-order valence-electron chi connectivity index (χ0n) is 12.2. The molecule has 0 radical (unpaired) electrons. The minimum atomic E-state index is 0.408. The third kappa shape index (κ3) is 8.98. The van der Waals surface area contributed by atoms with E-state index in [-0.39, 0.29) is 0 Å². The summed E-state index contributed by atoms with van der Waals surface area (Å²) in [5, 5.41) is 3.16. The molecule has 0 aromatic carbocycles. The van der Waals surface area contributed by atoms with Gasteiger partial charge in [-0.3, -0.25) is 4.99 Å². The number of guanidine groups is 1. The summed E-state index contributed by atoms with van der Waals surface area (Å²) in [4.78, 5) is 6.67. The molecule has 0 heterocycles. The molecule has 0 aliphatic carbocycles. The van der Waals surface area contributed by atoms with E-state index in [4.69, 9.17) is 5.73 Å². The molecule has 4 nitrogen and oxygen atoms in total. The first-order chi connectivity index (χ1) is 7.97. The Morgan fingerprint density at radius 2 is 1.94 bits per heavy atom. The second-order valence-electron chi connectivity index (χ2n) is 5.00. The minimum Gasteiger partial charge on any atom is -0.370 e. The highest BCUT2D eigenvalue weighted by Gasteiger charge is 2.02. The highest BCUT2D eigenvalue weighted by molar-refractivity contribution is 5.78. The van der Waals surface area contributed by atoms with Gasteiger partial charge in [-0.25, -0.2) is 0 Å². The van der Waals surface area contributed by atoms with E-state index in [1.807, 2.05) is 0 Å². The van der Waals surface area contributed by atoms with Crippen LogP contribution in [-0.2, 0) is 0 Å². The Bertz CT molecular complexity index is 213. The maximum Gasteiger partial charge on any atom is 0.188 e. The Morgan fingerprint density at radius 3 is 2.47 bits per heavy atom. The van der Waals surface area contributed by atoms with E-state index in [1.165, 1.54) is 6.42 Å². The topological polar surface area (TPSA) is 53.6 Å². The molecule has 0 spiro atoms. The molecule has 0 aromatic rings. The van der Waals surface area contributed by atoms with Gasteiger partial charge in [0, 0.05) is 18.6 Å². The van der Waals surface area contributed by atoms with Crippen LogP contribution in [0.2, 0.25) is 0 Å². The molecule has 102 valence electrons. The Morgan fingerprint density at radius 1 is 1.29 bits per heavy atom. The number of aliphatic imine (C=N–C) groups is 1. The zero-order chi connectivity index (χ0) is 13.3. The van der Waals surface area contributed by atoms with Crippen molar-refractivity contribution in [1.82, 2.24) is 10.2 Å². The van der Waals surface area contributed by atoms with Crippen LogP contribution in [0.15, 0.2) is 4.99 Å². The lowest BCUT2D eigenvalue weighted by Gasteiger charge is -2.20. The number of nitrogens with one attached hydrogen (secondary N) is 1. The third-order valence-corrected chi connectivity index (χ3v) is 3.09. The number of unbranched alkanes of at least 4 members (excludes halogenated alkanes) is 1. The summed E-state index contributed by atoms with van der Waals surface area (Å²) < 4.78 is 0. The lowest BCUT2D eigenvalue weighted by atomic mass is 10.2. The number of hydrogen-bond donors (Lipinski definition) is 2. The fraction of sp³-hybridized carbons (Fsp3) is 0.923. The SMILES string of the molecule is CC[C@H](C)NC(N)=NCCCCN(C)C(C)C. The first-order valence-electron chi connectivity index (χ1n) is 6.74. The van der Waals surface area contributed by atoms with Crippen LogP contribution in [0.3, 0.4) is 0 Å². The van der Waals surface area contributed by atoms with E-state index in [9.17, 15) is 0 Å². The second-order valence-corrected chi connectivity index (χ2v) is 5.00. The second kappa shape index (κ2) is 9.28. The van der Waals surface area contributed by atoms with Crippen LogP contribution in [0.5, 0.6) is 0 Å². The van der Waals surface area contributed by atoms with Crippen LogP contribution >= 0.6 is 0 Å². The van der Waals surface area contributed by atoms with Gasteiger partial charge in [0.2, 0.25) is 0 Å². The average molecular weight is 242 g/mol. The lowest BCUT2D eigenvalue weighted by molar-refractivity contribution is 0.269. The normalized spacial score (nSPS) is 14.4. The Hall–Kier alpha value is -0.770. The highest BCUT2D eigenvalue weighted by Crippen LogP contribution is 1.98. The molecular weight excluding hydrogens is 212 g/mol. The van der Waals surface area contributed by atoms with Crippen molar-refractivity contribution < 1.29 is 0 Å². The number of hydrogen-bond acceptors (Lipinski definition) is 2. The van der Waals surface area contributed by atoms with Crippen LogP contribution in [0.4, 0.5) is 0 Å². The summed E-state index contributed by atoms with van der Waals surface area (Å²) in [6, 6.07) is 1.03. The van der Waals surface area contributed by atoms with Gasteiger partial charge < -0.3 is 16.0 Å². The predicted octanol–water partition coefficient (Wildman–Crippen LogP) is 1.81. The first kappa shape index (κ1) is 16.2. The summed E-state index contributed by atoms with van der Waals surface area (Å²) in [5.74, 6) is 0.580. The van der Waals surface area contributed by atoms with E-state index in [0.717, 1.165) is 25.9 Å². The van der Waals surface area contributed by atoms with Crippen molar-refractivity contribution >= 4 is 5.96 Å². The molecule has 17 heavy (non-hydrogen) atoms. The lowest BCUT2D eigenvalue weighted by Crippen LogP contribution is -2.38. The Kier molecular flexibility index (Phi) is 8.86. The highest BCUT2D eigenvalue weighted by atomic mass is 15.1. The summed E-state index contributed by atoms with van der Waals surface area (Å²) >= 11 is 0. The Labute approximate surface area is 107 Å². The van der Waals surface area contributed by atoms with Crippen molar-refractivity contribution in [3.63, 3.8) is 0 Å². The smallest absolute Gasteiger partial charge is 0.188 e. The van der Waals surface area contributed by atoms with E-state index in [2.05, 4.69) is 50.0 Å². The van der Waals surface area contributed by atoms with Crippen molar-refractivity contribution in [3.05, 3.63) is 0 Å². The van der Waals surface area contributed by atoms with Crippen molar-refractivity contribution in [1.29, 1.82) is 0 Å². The van der Waals surface area contributed by atoms with Crippen LogP contribution in [-0.4, -0.2) is 43.1 Å². The number of nitrogens with two attached hydrogens (primary N) is 1. The van der Waals surface area contributed by atoms with E-state index in [0.29, 0.717) is 18.0 Å². The van der Waals surface area contributed by atoms with Crippen molar-refractivity contribution in [2.45, 2.75) is 59.0 Å². The summed E-state index contributed by atoms with van der Waals surface area (Å²) in [6.07, 6.45) is 3.34. The molecule has 0 unspecified atom stereocenters. The van der Waals surface area contributed by atoms with Crippen molar-refractivity contribution in [2.75, 3.05) is 20.1 Å². The fourth-order valence-electron chi connectivity index (χ4n) is 1.33. The molecule has 0 aliphatic rings. The molecule has 4 heteroatoms. The summed E-state index contributed by atoms with van der Waals surface area (Å²) in [6.45, 7) is 10.6. The number of rotatable bonds is 8. The molecular formula is C13H30N4. The van der Waals surface area contributed by atoms with Gasteiger partial charge in [-0.05, 0) is 53.6 Å². The van der Waals surface area contributed by atoms with Gasteiger partial charge in [0.1, 0.15) is 0 Å². The molecule has 0 fully saturated rings. The van der Waals surface area contributed by atoms with Gasteiger partial charge >= 0.3 is 0 Å². The van der Waals surface area contributed by atoms with Gasteiger partial charge in [-0.2, -0.15) is 0 Å². The monoisotopic (exact) mass is 242 g/mol. The quantitative estimate of drug-likeness (QED) is 0.388. The van der Waals surface area contributed by atoms with Crippen LogP contribution in [0, 0.1) is 0 Å². The average Bonchev–Trinajstić information content (AvgIpc) is 2.27. The molecule has 0 amide bonds. The Balaban J connectivity index is 3.59. The van der Waals surface area contributed by atoms with Gasteiger partial charge in [0.25, 0.3) is 0 Å². The van der Waals surface area contributed by atoms with Crippen molar-refractivity contribution in [3.8, 4) is 0 Å². The molecule has 3 N–H and O–H groups in total. The molecule has 1 atom stereocenters.